The summed E-state index contributed by atoms with van der Waals surface area (Å²) in [5.41, 5.74) is 7.63. The van der Waals surface area contributed by atoms with Gasteiger partial charge in [0.05, 0.1) is 11.4 Å². The first-order chi connectivity index (χ1) is 9.91. The van der Waals surface area contributed by atoms with Crippen molar-refractivity contribution >= 4 is 15.7 Å². The van der Waals surface area contributed by atoms with Crippen molar-refractivity contribution in [3.63, 3.8) is 0 Å². The molecule has 0 spiro atoms. The Morgan fingerprint density at radius 1 is 1.14 bits per heavy atom. The molecule has 0 heterocycles. The lowest BCUT2D eigenvalue weighted by Gasteiger charge is -2.11. The van der Waals surface area contributed by atoms with Crippen molar-refractivity contribution < 1.29 is 12.8 Å². The summed E-state index contributed by atoms with van der Waals surface area (Å²) in [7, 11) is -3.70. The van der Waals surface area contributed by atoms with Gasteiger partial charge in [-0.15, -0.1) is 0 Å². The maximum absolute atomic E-state index is 13.7. The number of nitrogens with one attached hydrogen (secondary N) is 1. The molecular weight excluding hydrogens is 291 g/mol. The molecule has 3 N–H and O–H groups in total. The van der Waals surface area contributed by atoms with E-state index in [1.807, 2.05) is 0 Å². The molecule has 0 unspecified atom stereocenters. The van der Waals surface area contributed by atoms with Gasteiger partial charge in [-0.1, -0.05) is 30.3 Å². The van der Waals surface area contributed by atoms with E-state index in [-0.39, 0.29) is 18.0 Å². The summed E-state index contributed by atoms with van der Waals surface area (Å²) in [6.45, 7) is 1.99. The summed E-state index contributed by atoms with van der Waals surface area (Å²) in [6, 6.07) is 11.4. The van der Waals surface area contributed by atoms with E-state index < -0.39 is 15.8 Å². The lowest BCUT2D eigenvalue weighted by Crippen LogP contribution is -2.17. The first-order valence-corrected chi connectivity index (χ1v) is 8.10. The molecule has 6 heteroatoms. The van der Waals surface area contributed by atoms with E-state index in [1.54, 1.807) is 37.3 Å². The van der Waals surface area contributed by atoms with Gasteiger partial charge in [-0.3, -0.25) is 4.72 Å². The molecule has 0 fully saturated rings. The number of halogens is 1. The van der Waals surface area contributed by atoms with Crippen LogP contribution in [0.2, 0.25) is 0 Å². The first kappa shape index (κ1) is 15.5. The van der Waals surface area contributed by atoms with Gasteiger partial charge >= 0.3 is 0 Å². The number of benzene rings is 2. The lowest BCUT2D eigenvalue weighted by atomic mass is 10.1. The fraction of sp³-hybridized carbons (Fsp3) is 0.200. The molecule has 0 saturated heterocycles. The third kappa shape index (κ3) is 4.03. The quantitative estimate of drug-likeness (QED) is 0.891. The minimum atomic E-state index is -3.70. The summed E-state index contributed by atoms with van der Waals surface area (Å²) in [5, 5.41) is 0. The topological polar surface area (TPSA) is 72.2 Å². The summed E-state index contributed by atoms with van der Waals surface area (Å²) in [4.78, 5) is 0. The van der Waals surface area contributed by atoms with Crippen molar-refractivity contribution in [3.8, 4) is 0 Å². The number of hydrogen-bond acceptors (Lipinski definition) is 3. The van der Waals surface area contributed by atoms with Crippen LogP contribution in [-0.4, -0.2) is 8.42 Å². The zero-order valence-corrected chi connectivity index (χ0v) is 12.5. The predicted molar refractivity (Wildman–Crippen MR) is 81.7 cm³/mol. The Balaban J connectivity index is 2.23. The van der Waals surface area contributed by atoms with E-state index in [4.69, 9.17) is 5.73 Å². The Bertz CT molecular complexity index is 745. The van der Waals surface area contributed by atoms with Gasteiger partial charge in [0.1, 0.15) is 5.82 Å². The molecule has 0 aliphatic heterocycles. The third-order valence-electron chi connectivity index (χ3n) is 3.07. The van der Waals surface area contributed by atoms with Gasteiger partial charge in [-0.05, 0) is 35.7 Å². The molecule has 0 amide bonds. The van der Waals surface area contributed by atoms with Crippen LogP contribution in [0.15, 0.2) is 42.5 Å². The summed E-state index contributed by atoms with van der Waals surface area (Å²) in [6.07, 6.45) is 0. The Hall–Kier alpha value is -1.92. The minimum Gasteiger partial charge on any atom is -0.326 e. The highest BCUT2D eigenvalue weighted by Crippen LogP contribution is 2.19. The van der Waals surface area contributed by atoms with E-state index in [0.717, 1.165) is 11.1 Å². The largest absolute Gasteiger partial charge is 0.326 e. The van der Waals surface area contributed by atoms with E-state index in [0.29, 0.717) is 5.56 Å². The van der Waals surface area contributed by atoms with Gasteiger partial charge < -0.3 is 5.73 Å². The number of sulfonamides is 1. The normalized spacial score (nSPS) is 11.4. The summed E-state index contributed by atoms with van der Waals surface area (Å²) >= 11 is 0. The summed E-state index contributed by atoms with van der Waals surface area (Å²) < 4.78 is 40.3. The molecule has 2 rings (SSSR count). The average molecular weight is 308 g/mol. The summed E-state index contributed by atoms with van der Waals surface area (Å²) in [5.74, 6) is -0.834. The molecule has 2 aromatic rings. The number of aryl methyl sites for hydroxylation is 1. The van der Waals surface area contributed by atoms with Crippen LogP contribution in [0.25, 0.3) is 0 Å². The van der Waals surface area contributed by atoms with Crippen molar-refractivity contribution in [2.45, 2.75) is 19.2 Å². The molecule has 0 atom stereocenters. The maximum atomic E-state index is 13.7. The van der Waals surface area contributed by atoms with Gasteiger partial charge in [0.2, 0.25) is 10.0 Å². The highest BCUT2D eigenvalue weighted by Gasteiger charge is 2.15. The van der Waals surface area contributed by atoms with Crippen molar-refractivity contribution in [2.24, 2.45) is 5.73 Å². The number of rotatable bonds is 5. The molecule has 0 aliphatic rings. The van der Waals surface area contributed by atoms with Gasteiger partial charge in [-0.2, -0.15) is 0 Å². The zero-order valence-electron chi connectivity index (χ0n) is 11.6. The highest BCUT2D eigenvalue weighted by molar-refractivity contribution is 7.91. The van der Waals surface area contributed by atoms with E-state index in [1.165, 1.54) is 12.1 Å². The average Bonchev–Trinajstić information content (AvgIpc) is 2.42. The maximum Gasteiger partial charge on any atom is 0.237 e. The second-order valence-electron chi connectivity index (χ2n) is 4.82. The van der Waals surface area contributed by atoms with Crippen LogP contribution in [0.1, 0.15) is 16.7 Å². The second-order valence-corrected chi connectivity index (χ2v) is 6.54. The molecule has 0 bridgehead atoms. The van der Waals surface area contributed by atoms with Crippen LogP contribution in [0.3, 0.4) is 0 Å². The monoisotopic (exact) mass is 308 g/mol. The molecule has 0 radical (unpaired) electrons. The number of hydrogen-bond donors (Lipinski definition) is 2. The van der Waals surface area contributed by atoms with Gasteiger partial charge in [0.15, 0.2) is 0 Å². The molecule has 0 aliphatic carbocycles. The molecular formula is C15H17FN2O2S. The standard InChI is InChI=1S/C15H17FN2O2S/c1-11-6-7-15(14(16)8-11)18-21(19,20)10-13-5-3-2-4-12(13)9-17/h2-8,18H,9-10,17H2,1H3. The van der Waals surface area contributed by atoms with Crippen LogP contribution < -0.4 is 10.5 Å². The molecule has 4 nitrogen and oxygen atoms in total. The van der Waals surface area contributed by atoms with Crippen LogP contribution in [0.5, 0.6) is 0 Å². The van der Waals surface area contributed by atoms with Crippen LogP contribution in [0.4, 0.5) is 10.1 Å². The molecule has 21 heavy (non-hydrogen) atoms. The molecule has 2 aromatic carbocycles. The lowest BCUT2D eigenvalue weighted by molar-refractivity contribution is 0.597. The fourth-order valence-electron chi connectivity index (χ4n) is 2.01. The van der Waals surface area contributed by atoms with Gasteiger partial charge in [0.25, 0.3) is 0 Å². The number of anilines is 1. The highest BCUT2D eigenvalue weighted by atomic mass is 32.2. The van der Waals surface area contributed by atoms with Crippen molar-refractivity contribution in [2.75, 3.05) is 4.72 Å². The van der Waals surface area contributed by atoms with E-state index in [2.05, 4.69) is 4.72 Å². The van der Waals surface area contributed by atoms with Crippen LogP contribution in [0, 0.1) is 12.7 Å². The SMILES string of the molecule is Cc1ccc(NS(=O)(=O)Cc2ccccc2CN)c(F)c1. The predicted octanol–water partition coefficient (Wildman–Crippen LogP) is 2.53. The van der Waals surface area contributed by atoms with Crippen LogP contribution in [-0.2, 0) is 22.3 Å². The smallest absolute Gasteiger partial charge is 0.237 e. The van der Waals surface area contributed by atoms with E-state index in [9.17, 15) is 12.8 Å². The third-order valence-corrected chi connectivity index (χ3v) is 4.30. The Morgan fingerprint density at radius 2 is 1.81 bits per heavy atom. The van der Waals surface area contributed by atoms with Crippen molar-refractivity contribution in [3.05, 3.63) is 65.0 Å². The molecule has 112 valence electrons. The Labute approximate surface area is 123 Å². The second kappa shape index (κ2) is 6.24. The number of nitrogens with two attached hydrogens (primary N) is 1. The zero-order chi connectivity index (χ0) is 15.5. The van der Waals surface area contributed by atoms with Crippen molar-refractivity contribution in [1.29, 1.82) is 0 Å². The van der Waals surface area contributed by atoms with Gasteiger partial charge in [0, 0.05) is 6.54 Å². The molecule has 0 aromatic heterocycles. The van der Waals surface area contributed by atoms with Crippen molar-refractivity contribution in [1.82, 2.24) is 0 Å². The fourth-order valence-corrected chi connectivity index (χ4v) is 3.27. The Kier molecular flexibility index (Phi) is 4.59. The van der Waals surface area contributed by atoms with Gasteiger partial charge in [-0.25, -0.2) is 12.8 Å². The minimum absolute atomic E-state index is 0.0502. The van der Waals surface area contributed by atoms with E-state index >= 15 is 0 Å². The van der Waals surface area contributed by atoms with Crippen LogP contribution >= 0.6 is 0 Å². The molecule has 0 saturated carbocycles. The Morgan fingerprint density at radius 3 is 2.43 bits per heavy atom. The first-order valence-electron chi connectivity index (χ1n) is 6.45.